The summed E-state index contributed by atoms with van der Waals surface area (Å²) >= 11 is 3.16. The van der Waals surface area contributed by atoms with Crippen molar-refractivity contribution in [3.8, 4) is 0 Å². The predicted octanol–water partition coefficient (Wildman–Crippen LogP) is 5.02. The van der Waals surface area contributed by atoms with Crippen LogP contribution < -0.4 is 10.2 Å². The topological polar surface area (TPSA) is 49.4 Å². The Morgan fingerprint density at radius 2 is 1.89 bits per heavy atom. The standard InChI is InChI=1S/C22H20N2O2S2/c1-15-8-10-16(11-9-15)24-21(26)14-28-22(24)18-6-2-3-7-19(18)23-20(25)13-17-5-4-12-27-17/h2-12,22H,13-14H2,1H3,(H,23,25). The van der Waals surface area contributed by atoms with Crippen LogP contribution in [0.2, 0.25) is 0 Å². The van der Waals surface area contributed by atoms with Crippen LogP contribution in [0, 0.1) is 6.92 Å². The number of thiophene rings is 1. The normalized spacial score (nSPS) is 16.4. The molecule has 2 heterocycles. The summed E-state index contributed by atoms with van der Waals surface area (Å²) in [6, 6.07) is 19.6. The minimum atomic E-state index is -0.159. The van der Waals surface area contributed by atoms with Crippen molar-refractivity contribution in [2.75, 3.05) is 16.0 Å². The highest BCUT2D eigenvalue weighted by Gasteiger charge is 2.35. The zero-order chi connectivity index (χ0) is 19.5. The van der Waals surface area contributed by atoms with Gasteiger partial charge in [0.25, 0.3) is 0 Å². The second-order valence-electron chi connectivity index (χ2n) is 6.65. The highest BCUT2D eigenvalue weighted by Crippen LogP contribution is 2.44. The number of nitrogens with zero attached hydrogens (tertiary/aromatic N) is 1. The lowest BCUT2D eigenvalue weighted by Crippen LogP contribution is -2.28. The molecule has 6 heteroatoms. The van der Waals surface area contributed by atoms with Crippen molar-refractivity contribution in [1.82, 2.24) is 0 Å². The number of anilines is 2. The van der Waals surface area contributed by atoms with Crippen LogP contribution in [0.15, 0.2) is 66.0 Å². The second kappa shape index (κ2) is 8.20. The van der Waals surface area contributed by atoms with Crippen LogP contribution in [0.3, 0.4) is 0 Å². The molecular formula is C22H20N2O2S2. The maximum absolute atomic E-state index is 12.6. The molecule has 1 aliphatic heterocycles. The van der Waals surface area contributed by atoms with Crippen molar-refractivity contribution in [3.05, 3.63) is 82.0 Å². The van der Waals surface area contributed by atoms with E-state index in [-0.39, 0.29) is 17.2 Å². The van der Waals surface area contributed by atoms with Crippen molar-refractivity contribution in [2.24, 2.45) is 0 Å². The Hall–Kier alpha value is -2.57. The van der Waals surface area contributed by atoms with Crippen molar-refractivity contribution in [2.45, 2.75) is 18.7 Å². The van der Waals surface area contributed by atoms with E-state index in [9.17, 15) is 9.59 Å². The Morgan fingerprint density at radius 3 is 2.64 bits per heavy atom. The van der Waals surface area contributed by atoms with Crippen LogP contribution in [-0.4, -0.2) is 17.6 Å². The second-order valence-corrected chi connectivity index (χ2v) is 8.75. The van der Waals surface area contributed by atoms with E-state index in [0.29, 0.717) is 12.2 Å². The van der Waals surface area contributed by atoms with Gasteiger partial charge in [-0.05, 0) is 36.6 Å². The lowest BCUT2D eigenvalue weighted by atomic mass is 10.1. The maximum atomic E-state index is 12.6. The van der Waals surface area contributed by atoms with Gasteiger partial charge in [0.15, 0.2) is 0 Å². The first-order valence-corrected chi connectivity index (χ1v) is 11.0. The van der Waals surface area contributed by atoms with Gasteiger partial charge < -0.3 is 5.32 Å². The number of benzene rings is 2. The van der Waals surface area contributed by atoms with Gasteiger partial charge in [-0.15, -0.1) is 23.1 Å². The van der Waals surface area contributed by atoms with Crippen molar-refractivity contribution < 1.29 is 9.59 Å². The van der Waals surface area contributed by atoms with Gasteiger partial charge in [-0.25, -0.2) is 0 Å². The van der Waals surface area contributed by atoms with Crippen molar-refractivity contribution in [3.63, 3.8) is 0 Å². The van der Waals surface area contributed by atoms with Crippen LogP contribution in [0.25, 0.3) is 0 Å². The fourth-order valence-corrected chi connectivity index (χ4v) is 5.15. The van der Waals surface area contributed by atoms with Gasteiger partial charge in [0.1, 0.15) is 5.37 Å². The molecule has 0 radical (unpaired) electrons. The molecule has 1 saturated heterocycles. The molecule has 4 rings (SSSR count). The molecular weight excluding hydrogens is 388 g/mol. The van der Waals surface area contributed by atoms with E-state index in [1.54, 1.807) is 23.1 Å². The molecule has 0 saturated carbocycles. The van der Waals surface area contributed by atoms with E-state index in [1.165, 1.54) is 0 Å². The van der Waals surface area contributed by atoms with Crippen molar-refractivity contribution >= 4 is 46.3 Å². The van der Waals surface area contributed by atoms with E-state index in [2.05, 4.69) is 5.32 Å². The predicted molar refractivity (Wildman–Crippen MR) is 117 cm³/mol. The fraction of sp³-hybridized carbons (Fsp3) is 0.182. The lowest BCUT2D eigenvalue weighted by molar-refractivity contribution is -0.116. The van der Waals surface area contributed by atoms with E-state index in [1.807, 2.05) is 77.9 Å². The third-order valence-electron chi connectivity index (χ3n) is 4.60. The highest BCUT2D eigenvalue weighted by atomic mass is 32.2. The van der Waals surface area contributed by atoms with Crippen LogP contribution in [0.4, 0.5) is 11.4 Å². The summed E-state index contributed by atoms with van der Waals surface area (Å²) in [5, 5.41) is 4.85. The Bertz CT molecular complexity index is 984. The smallest absolute Gasteiger partial charge is 0.238 e. The van der Waals surface area contributed by atoms with Gasteiger partial charge in [-0.2, -0.15) is 0 Å². The third-order valence-corrected chi connectivity index (χ3v) is 6.67. The average Bonchev–Trinajstić information content (AvgIpc) is 3.33. The molecule has 1 unspecified atom stereocenters. The number of amides is 2. The fourth-order valence-electron chi connectivity index (χ4n) is 3.23. The Labute approximate surface area is 172 Å². The monoisotopic (exact) mass is 408 g/mol. The molecule has 1 N–H and O–H groups in total. The number of thioether (sulfide) groups is 1. The molecule has 142 valence electrons. The Balaban J connectivity index is 1.60. The first kappa shape index (κ1) is 18.8. The number of carbonyl (C=O) groups excluding carboxylic acids is 2. The lowest BCUT2D eigenvalue weighted by Gasteiger charge is -2.26. The number of carbonyl (C=O) groups is 2. The van der Waals surface area contributed by atoms with E-state index >= 15 is 0 Å². The van der Waals surface area contributed by atoms with Crippen LogP contribution in [0.5, 0.6) is 0 Å². The minimum absolute atomic E-state index is 0.0499. The van der Waals surface area contributed by atoms with Gasteiger partial charge in [0.05, 0.1) is 12.2 Å². The van der Waals surface area contributed by atoms with Crippen molar-refractivity contribution in [1.29, 1.82) is 0 Å². The SMILES string of the molecule is Cc1ccc(N2C(=O)CSC2c2ccccc2NC(=O)Cc2cccs2)cc1. The molecule has 28 heavy (non-hydrogen) atoms. The van der Waals surface area contributed by atoms with Gasteiger partial charge in [0.2, 0.25) is 11.8 Å². The zero-order valence-electron chi connectivity index (χ0n) is 15.4. The van der Waals surface area contributed by atoms with Gasteiger partial charge in [-0.3, -0.25) is 14.5 Å². The molecule has 0 bridgehead atoms. The molecule has 4 nitrogen and oxygen atoms in total. The number of aryl methyl sites for hydroxylation is 1. The Morgan fingerprint density at radius 1 is 1.11 bits per heavy atom. The zero-order valence-corrected chi connectivity index (χ0v) is 17.1. The summed E-state index contributed by atoms with van der Waals surface area (Å²) in [6.45, 7) is 2.03. The van der Waals surface area contributed by atoms with Gasteiger partial charge >= 0.3 is 0 Å². The summed E-state index contributed by atoms with van der Waals surface area (Å²) in [5.74, 6) is 0.459. The van der Waals surface area contributed by atoms with E-state index < -0.39 is 0 Å². The molecule has 1 fully saturated rings. The molecule has 2 amide bonds. The first-order chi connectivity index (χ1) is 13.6. The Kier molecular flexibility index (Phi) is 5.50. The van der Waals surface area contributed by atoms with Crippen LogP contribution in [-0.2, 0) is 16.0 Å². The number of hydrogen-bond donors (Lipinski definition) is 1. The molecule has 2 aromatic carbocycles. The summed E-state index contributed by atoms with van der Waals surface area (Å²) in [4.78, 5) is 28.0. The average molecular weight is 409 g/mol. The highest BCUT2D eigenvalue weighted by molar-refractivity contribution is 8.00. The molecule has 3 aromatic rings. The third kappa shape index (κ3) is 3.98. The number of rotatable bonds is 5. The molecule has 1 atom stereocenters. The largest absolute Gasteiger partial charge is 0.325 e. The van der Waals surface area contributed by atoms with Gasteiger partial charge in [-0.1, -0.05) is 42.0 Å². The van der Waals surface area contributed by atoms with Crippen LogP contribution in [0.1, 0.15) is 21.4 Å². The number of nitrogens with one attached hydrogen (secondary N) is 1. The minimum Gasteiger partial charge on any atom is -0.325 e. The number of hydrogen-bond acceptors (Lipinski definition) is 4. The summed E-state index contributed by atoms with van der Waals surface area (Å²) < 4.78 is 0. The quantitative estimate of drug-likeness (QED) is 0.645. The van der Waals surface area contributed by atoms with E-state index in [4.69, 9.17) is 0 Å². The first-order valence-electron chi connectivity index (χ1n) is 9.03. The van der Waals surface area contributed by atoms with E-state index in [0.717, 1.165) is 27.4 Å². The molecule has 1 aromatic heterocycles. The summed E-state index contributed by atoms with van der Waals surface area (Å²) in [7, 11) is 0. The summed E-state index contributed by atoms with van der Waals surface area (Å²) in [6.07, 6.45) is 0.352. The van der Waals surface area contributed by atoms with Crippen LogP contribution >= 0.6 is 23.1 Å². The molecule has 1 aliphatic rings. The maximum Gasteiger partial charge on any atom is 0.238 e. The molecule has 0 aliphatic carbocycles. The number of para-hydroxylation sites is 1. The molecule has 0 spiro atoms. The van der Waals surface area contributed by atoms with Gasteiger partial charge in [0, 0.05) is 21.8 Å². The summed E-state index contributed by atoms with van der Waals surface area (Å²) in [5.41, 5.74) is 3.73.